The highest BCUT2D eigenvalue weighted by Crippen LogP contribution is 2.22. The number of hydrogen-bond acceptors (Lipinski definition) is 6. The maximum atomic E-state index is 12.8. The average Bonchev–Trinajstić information content (AvgIpc) is 2.75. The minimum absolute atomic E-state index is 0.0717. The van der Waals surface area contributed by atoms with Crippen LogP contribution >= 0.6 is 0 Å². The van der Waals surface area contributed by atoms with E-state index in [2.05, 4.69) is 15.3 Å². The highest BCUT2D eigenvalue weighted by molar-refractivity contribution is 7.89. The molecule has 9 heteroatoms. The van der Waals surface area contributed by atoms with Crippen molar-refractivity contribution in [3.05, 3.63) is 66.0 Å². The Morgan fingerprint density at radius 1 is 1.06 bits per heavy atom. The zero-order valence-corrected chi connectivity index (χ0v) is 18.3. The Morgan fingerprint density at radius 2 is 1.74 bits per heavy atom. The van der Waals surface area contributed by atoms with Crippen LogP contribution in [0.25, 0.3) is 11.4 Å². The summed E-state index contributed by atoms with van der Waals surface area (Å²) in [5.74, 6) is 0.0497. The first kappa shape index (κ1) is 22.4. The number of amides is 1. The lowest BCUT2D eigenvalue weighted by Gasteiger charge is -2.19. The highest BCUT2D eigenvalue weighted by atomic mass is 32.2. The van der Waals surface area contributed by atoms with Crippen LogP contribution in [0, 0.1) is 6.92 Å². The van der Waals surface area contributed by atoms with Crippen LogP contribution in [0.2, 0.25) is 0 Å². The number of hydrogen-bond donors (Lipinski definition) is 2. The monoisotopic (exact) mass is 440 g/mol. The van der Waals surface area contributed by atoms with Crippen molar-refractivity contribution in [3.63, 3.8) is 0 Å². The van der Waals surface area contributed by atoms with Crippen molar-refractivity contribution in [3.8, 4) is 17.1 Å². The molecule has 0 aliphatic carbocycles. The van der Waals surface area contributed by atoms with Crippen molar-refractivity contribution in [2.75, 3.05) is 18.4 Å². The third-order valence-corrected chi connectivity index (χ3v) is 6.86. The molecule has 162 valence electrons. The second-order valence-electron chi connectivity index (χ2n) is 6.87. The molecule has 1 heterocycles. The Bertz CT molecular complexity index is 1190. The normalized spacial score (nSPS) is 11.5. The molecule has 2 N–H and O–H groups in total. The molecule has 0 bridgehead atoms. The van der Waals surface area contributed by atoms with Gasteiger partial charge in [-0.25, -0.2) is 18.4 Å². The van der Waals surface area contributed by atoms with Gasteiger partial charge in [0.1, 0.15) is 5.75 Å². The maximum Gasteiger partial charge on any atom is 0.256 e. The van der Waals surface area contributed by atoms with E-state index in [1.807, 2.05) is 0 Å². The lowest BCUT2D eigenvalue weighted by Crippen LogP contribution is -2.30. The average molecular weight is 441 g/mol. The van der Waals surface area contributed by atoms with Crippen LogP contribution in [0.3, 0.4) is 0 Å². The highest BCUT2D eigenvalue weighted by Gasteiger charge is 2.23. The van der Waals surface area contributed by atoms with Gasteiger partial charge in [0.15, 0.2) is 5.82 Å². The Morgan fingerprint density at radius 3 is 2.35 bits per heavy atom. The fourth-order valence-electron chi connectivity index (χ4n) is 3.10. The molecule has 3 rings (SSSR count). The number of aromatic nitrogens is 2. The van der Waals surface area contributed by atoms with Crippen molar-refractivity contribution < 1.29 is 18.3 Å². The standard InChI is InChI=1S/C22H24N4O4S/c1-4-26(5-2)31(29,30)19-10-9-15(3)20(12-19)22(28)25-17-13-23-21(24-14-17)16-7-6-8-18(27)11-16/h6-14,27H,4-5H2,1-3H3,(H,25,28). The van der Waals surface area contributed by atoms with E-state index in [9.17, 15) is 18.3 Å². The van der Waals surface area contributed by atoms with Gasteiger partial charge in [-0.15, -0.1) is 0 Å². The van der Waals surface area contributed by atoms with Crippen molar-refractivity contribution in [1.82, 2.24) is 14.3 Å². The van der Waals surface area contributed by atoms with Crippen molar-refractivity contribution in [1.29, 1.82) is 0 Å². The van der Waals surface area contributed by atoms with Gasteiger partial charge in [-0.1, -0.05) is 32.0 Å². The SMILES string of the molecule is CCN(CC)S(=O)(=O)c1ccc(C)c(C(=O)Nc2cnc(-c3cccc(O)c3)nc2)c1. The number of aromatic hydroxyl groups is 1. The first-order valence-electron chi connectivity index (χ1n) is 9.79. The fourth-order valence-corrected chi connectivity index (χ4v) is 4.59. The molecule has 8 nitrogen and oxygen atoms in total. The van der Waals surface area contributed by atoms with Crippen LogP contribution < -0.4 is 5.32 Å². The van der Waals surface area contributed by atoms with Gasteiger partial charge in [-0.2, -0.15) is 4.31 Å². The molecule has 0 saturated carbocycles. The Hall–Kier alpha value is -3.30. The number of phenols is 1. The second-order valence-corrected chi connectivity index (χ2v) is 8.80. The number of carbonyl (C=O) groups is 1. The van der Waals surface area contributed by atoms with Gasteiger partial charge >= 0.3 is 0 Å². The van der Waals surface area contributed by atoms with E-state index >= 15 is 0 Å². The molecule has 0 aliphatic heterocycles. The first-order valence-corrected chi connectivity index (χ1v) is 11.2. The van der Waals surface area contributed by atoms with Crippen LogP contribution in [-0.2, 0) is 10.0 Å². The molecule has 0 radical (unpaired) electrons. The van der Waals surface area contributed by atoms with Gasteiger partial charge < -0.3 is 10.4 Å². The van der Waals surface area contributed by atoms with Crippen molar-refractivity contribution >= 4 is 21.6 Å². The number of benzene rings is 2. The number of aryl methyl sites for hydroxylation is 1. The first-order chi connectivity index (χ1) is 14.8. The van der Waals surface area contributed by atoms with Gasteiger partial charge in [0.05, 0.1) is 23.0 Å². The Kier molecular flexibility index (Phi) is 6.67. The number of nitrogens with one attached hydrogen (secondary N) is 1. The summed E-state index contributed by atoms with van der Waals surface area (Å²) in [6.07, 6.45) is 2.91. The van der Waals surface area contributed by atoms with Crippen LogP contribution in [0.15, 0.2) is 59.8 Å². The predicted molar refractivity (Wildman–Crippen MR) is 118 cm³/mol. The van der Waals surface area contributed by atoms with Crippen LogP contribution in [0.1, 0.15) is 29.8 Å². The summed E-state index contributed by atoms with van der Waals surface area (Å²) < 4.78 is 26.9. The summed E-state index contributed by atoms with van der Waals surface area (Å²) in [6.45, 7) is 5.96. The van der Waals surface area contributed by atoms with Crippen LogP contribution in [-0.4, -0.2) is 46.8 Å². The predicted octanol–water partition coefficient (Wildman–Crippen LogP) is 3.44. The minimum atomic E-state index is -3.68. The van der Waals surface area contributed by atoms with E-state index in [-0.39, 0.29) is 16.2 Å². The number of anilines is 1. The quantitative estimate of drug-likeness (QED) is 0.582. The van der Waals surface area contributed by atoms with Gasteiger partial charge in [0, 0.05) is 24.2 Å². The van der Waals surface area contributed by atoms with Crippen molar-refractivity contribution in [2.45, 2.75) is 25.7 Å². The minimum Gasteiger partial charge on any atom is -0.508 e. The molecule has 2 aromatic carbocycles. The fraction of sp³-hybridized carbons (Fsp3) is 0.227. The number of phenolic OH excluding ortho intramolecular Hbond substituents is 1. The number of carbonyl (C=O) groups excluding carboxylic acids is 1. The number of nitrogens with zero attached hydrogens (tertiary/aromatic N) is 3. The number of rotatable bonds is 7. The molecule has 0 aliphatic rings. The summed E-state index contributed by atoms with van der Waals surface area (Å²) in [5.41, 5.74) is 1.91. The Balaban J connectivity index is 1.83. The molecule has 0 atom stereocenters. The van der Waals surface area contributed by atoms with Gasteiger partial charge in [-0.05, 0) is 36.8 Å². The summed E-state index contributed by atoms with van der Waals surface area (Å²) >= 11 is 0. The molecule has 0 spiro atoms. The largest absolute Gasteiger partial charge is 0.508 e. The maximum absolute atomic E-state index is 12.8. The number of sulfonamides is 1. The third kappa shape index (κ3) is 4.89. The van der Waals surface area contributed by atoms with E-state index in [4.69, 9.17) is 0 Å². The lowest BCUT2D eigenvalue weighted by atomic mass is 10.1. The van der Waals surface area contributed by atoms with E-state index in [0.29, 0.717) is 35.7 Å². The zero-order valence-electron chi connectivity index (χ0n) is 17.5. The molecular formula is C22H24N4O4S. The molecule has 0 unspecified atom stereocenters. The molecule has 3 aromatic rings. The molecule has 0 fully saturated rings. The second kappa shape index (κ2) is 9.23. The summed E-state index contributed by atoms with van der Waals surface area (Å²) in [4.78, 5) is 21.3. The smallest absolute Gasteiger partial charge is 0.256 e. The van der Waals surface area contributed by atoms with Gasteiger partial charge in [0.25, 0.3) is 5.91 Å². The Labute approximate surface area is 181 Å². The van der Waals surface area contributed by atoms with E-state index in [1.165, 1.54) is 28.8 Å². The van der Waals surface area contributed by atoms with Gasteiger partial charge in [-0.3, -0.25) is 4.79 Å². The summed E-state index contributed by atoms with van der Waals surface area (Å²) in [5, 5.41) is 12.3. The molecule has 1 amide bonds. The summed E-state index contributed by atoms with van der Waals surface area (Å²) in [7, 11) is -3.68. The lowest BCUT2D eigenvalue weighted by molar-refractivity contribution is 0.102. The third-order valence-electron chi connectivity index (χ3n) is 4.81. The van der Waals surface area contributed by atoms with E-state index < -0.39 is 15.9 Å². The molecule has 0 saturated heterocycles. The molecule has 1 aromatic heterocycles. The van der Waals surface area contributed by atoms with Gasteiger partial charge in [0.2, 0.25) is 10.0 Å². The van der Waals surface area contributed by atoms with E-state index in [1.54, 1.807) is 51.1 Å². The summed E-state index contributed by atoms with van der Waals surface area (Å²) in [6, 6.07) is 11.1. The topological polar surface area (TPSA) is 112 Å². The van der Waals surface area contributed by atoms with Crippen LogP contribution in [0.4, 0.5) is 5.69 Å². The van der Waals surface area contributed by atoms with Crippen LogP contribution in [0.5, 0.6) is 5.75 Å². The molecular weight excluding hydrogens is 416 g/mol. The van der Waals surface area contributed by atoms with Crippen molar-refractivity contribution in [2.24, 2.45) is 0 Å². The zero-order chi connectivity index (χ0) is 22.6. The van der Waals surface area contributed by atoms with E-state index in [0.717, 1.165) is 0 Å². The molecule has 31 heavy (non-hydrogen) atoms.